The molecule has 2 aromatic rings. The average Bonchev–Trinajstić information content (AvgIpc) is 2.70. The Morgan fingerprint density at radius 1 is 1.26 bits per heavy atom. The van der Waals surface area contributed by atoms with Crippen LogP contribution in [0.2, 0.25) is 0 Å². The van der Waals surface area contributed by atoms with Gasteiger partial charge < -0.3 is 19.1 Å². The first-order chi connectivity index (χ1) is 13.1. The molecule has 8 nitrogen and oxygen atoms in total. The molecule has 0 aromatic heterocycles. The molecule has 0 saturated carbocycles. The first kappa shape index (κ1) is 18.5. The molecule has 142 valence electrons. The van der Waals surface area contributed by atoms with Crippen molar-refractivity contribution in [2.45, 2.75) is 13.0 Å². The smallest absolute Gasteiger partial charge is 0.273 e. The fraction of sp³-hybridized carbons (Fsp3) is 0.316. The molecule has 0 N–H and O–H groups in total. The summed E-state index contributed by atoms with van der Waals surface area (Å²) in [4.78, 5) is 24.4. The molecule has 0 spiro atoms. The van der Waals surface area contributed by atoms with Crippen LogP contribution in [-0.2, 0) is 4.79 Å². The maximum atomic E-state index is 12.5. The lowest BCUT2D eigenvalue weighted by Crippen LogP contribution is -2.45. The summed E-state index contributed by atoms with van der Waals surface area (Å²) >= 11 is 0. The maximum absolute atomic E-state index is 12.5. The second-order valence-electron chi connectivity index (χ2n) is 5.97. The van der Waals surface area contributed by atoms with E-state index in [2.05, 4.69) is 0 Å². The molecule has 0 saturated heterocycles. The zero-order valence-electron chi connectivity index (χ0n) is 14.9. The summed E-state index contributed by atoms with van der Waals surface area (Å²) in [5, 5.41) is 10.8. The molecule has 27 heavy (non-hydrogen) atoms. The van der Waals surface area contributed by atoms with Gasteiger partial charge in [-0.25, -0.2) is 0 Å². The highest BCUT2D eigenvalue weighted by molar-refractivity contribution is 5.77. The monoisotopic (exact) mass is 372 g/mol. The quantitative estimate of drug-likeness (QED) is 0.548. The van der Waals surface area contributed by atoms with Crippen LogP contribution >= 0.6 is 0 Å². The third kappa shape index (κ3) is 4.66. The van der Waals surface area contributed by atoms with Crippen LogP contribution in [0.5, 0.6) is 17.2 Å². The van der Waals surface area contributed by atoms with E-state index in [0.717, 1.165) is 0 Å². The fourth-order valence-electron chi connectivity index (χ4n) is 2.73. The Hall–Kier alpha value is -3.29. The van der Waals surface area contributed by atoms with Crippen LogP contribution in [-0.4, -0.2) is 48.1 Å². The van der Waals surface area contributed by atoms with Crippen molar-refractivity contribution in [3.63, 3.8) is 0 Å². The molecule has 2 aromatic carbocycles. The fourth-order valence-corrected chi connectivity index (χ4v) is 2.73. The number of hydrogen-bond acceptors (Lipinski definition) is 6. The summed E-state index contributed by atoms with van der Waals surface area (Å²) in [5.74, 6) is 1.40. The van der Waals surface area contributed by atoms with Crippen molar-refractivity contribution in [2.24, 2.45) is 0 Å². The summed E-state index contributed by atoms with van der Waals surface area (Å²) in [6, 6.07) is 13.1. The number of amides is 1. The standard InChI is InChI=1S/C19H20N2O6/c1-2-20(11-16-12-26-17-8-3-4-9-18(17)27-16)19(22)13-25-15-7-5-6-14(10-15)21(23)24/h3-10,16H,2,11-13H2,1H3/t16-/m0/s1. The normalized spacial score (nSPS) is 15.1. The molecule has 0 bridgehead atoms. The number of likely N-dealkylation sites (N-methyl/N-ethyl adjacent to an activating group) is 1. The van der Waals surface area contributed by atoms with Gasteiger partial charge in [-0.3, -0.25) is 14.9 Å². The Kier molecular flexibility index (Phi) is 5.75. The second-order valence-corrected chi connectivity index (χ2v) is 5.97. The molecule has 0 fully saturated rings. The minimum Gasteiger partial charge on any atom is -0.486 e. The van der Waals surface area contributed by atoms with Crippen molar-refractivity contribution in [2.75, 3.05) is 26.3 Å². The zero-order valence-corrected chi connectivity index (χ0v) is 14.9. The third-order valence-corrected chi connectivity index (χ3v) is 4.12. The van der Waals surface area contributed by atoms with Crippen LogP contribution in [0, 0.1) is 10.1 Å². The van der Waals surface area contributed by atoms with Gasteiger partial charge in [-0.1, -0.05) is 18.2 Å². The Balaban J connectivity index is 1.55. The van der Waals surface area contributed by atoms with Crippen molar-refractivity contribution in [3.8, 4) is 17.2 Å². The molecule has 1 atom stereocenters. The Labute approximate surface area is 156 Å². The van der Waals surface area contributed by atoms with Gasteiger partial charge in [-0.05, 0) is 25.1 Å². The maximum Gasteiger partial charge on any atom is 0.273 e. The number of ether oxygens (including phenoxy) is 3. The lowest BCUT2D eigenvalue weighted by Gasteiger charge is -2.30. The van der Waals surface area contributed by atoms with Crippen molar-refractivity contribution in [3.05, 3.63) is 58.6 Å². The van der Waals surface area contributed by atoms with Crippen LogP contribution in [0.4, 0.5) is 5.69 Å². The molecule has 1 aliphatic heterocycles. The largest absolute Gasteiger partial charge is 0.486 e. The van der Waals surface area contributed by atoms with Gasteiger partial charge >= 0.3 is 0 Å². The number of nitro groups is 1. The SMILES string of the molecule is CCN(C[C@H]1COc2ccccc2O1)C(=O)COc1cccc([N+](=O)[O-])c1. The minimum atomic E-state index is -0.509. The van der Waals surface area contributed by atoms with Crippen LogP contribution in [0.1, 0.15) is 6.92 Å². The van der Waals surface area contributed by atoms with Gasteiger partial charge in [0.1, 0.15) is 12.4 Å². The topological polar surface area (TPSA) is 91.1 Å². The van der Waals surface area contributed by atoms with E-state index in [1.807, 2.05) is 31.2 Å². The highest BCUT2D eigenvalue weighted by Gasteiger charge is 2.25. The van der Waals surface area contributed by atoms with Crippen LogP contribution in [0.3, 0.4) is 0 Å². The number of carbonyl (C=O) groups is 1. The van der Waals surface area contributed by atoms with Gasteiger partial charge in [-0.2, -0.15) is 0 Å². The van der Waals surface area contributed by atoms with Gasteiger partial charge in [-0.15, -0.1) is 0 Å². The van der Waals surface area contributed by atoms with Crippen molar-refractivity contribution >= 4 is 11.6 Å². The number of para-hydroxylation sites is 2. The van der Waals surface area contributed by atoms with E-state index < -0.39 is 4.92 Å². The minimum absolute atomic E-state index is 0.0845. The van der Waals surface area contributed by atoms with Gasteiger partial charge in [0.25, 0.3) is 11.6 Å². The Morgan fingerprint density at radius 2 is 2.04 bits per heavy atom. The number of hydrogen-bond donors (Lipinski definition) is 0. The number of fused-ring (bicyclic) bond motifs is 1. The zero-order chi connectivity index (χ0) is 19.2. The summed E-state index contributed by atoms with van der Waals surface area (Å²) in [7, 11) is 0. The molecule has 0 radical (unpaired) electrons. The predicted molar refractivity (Wildman–Crippen MR) is 97.2 cm³/mol. The highest BCUT2D eigenvalue weighted by atomic mass is 16.6. The van der Waals surface area contributed by atoms with E-state index in [1.54, 1.807) is 11.0 Å². The van der Waals surface area contributed by atoms with Crippen molar-refractivity contribution in [1.29, 1.82) is 0 Å². The lowest BCUT2D eigenvalue weighted by molar-refractivity contribution is -0.384. The van der Waals surface area contributed by atoms with Crippen LogP contribution in [0.25, 0.3) is 0 Å². The number of non-ortho nitro benzene ring substituents is 1. The lowest BCUT2D eigenvalue weighted by atomic mass is 10.2. The molecule has 8 heteroatoms. The van der Waals surface area contributed by atoms with E-state index in [1.165, 1.54) is 18.2 Å². The van der Waals surface area contributed by atoms with E-state index in [0.29, 0.717) is 31.2 Å². The summed E-state index contributed by atoms with van der Waals surface area (Å²) in [5.41, 5.74) is -0.0845. The molecule has 1 aliphatic rings. The van der Waals surface area contributed by atoms with E-state index in [9.17, 15) is 14.9 Å². The van der Waals surface area contributed by atoms with Crippen molar-refractivity contribution in [1.82, 2.24) is 4.90 Å². The van der Waals surface area contributed by atoms with Crippen LogP contribution < -0.4 is 14.2 Å². The number of benzene rings is 2. The van der Waals surface area contributed by atoms with Gasteiger partial charge in [0.05, 0.1) is 17.5 Å². The first-order valence-electron chi connectivity index (χ1n) is 8.60. The van der Waals surface area contributed by atoms with E-state index >= 15 is 0 Å². The van der Waals surface area contributed by atoms with Gasteiger partial charge in [0, 0.05) is 12.6 Å². The number of nitro benzene ring substituents is 1. The molecular formula is C19H20N2O6. The number of carbonyl (C=O) groups excluding carboxylic acids is 1. The van der Waals surface area contributed by atoms with E-state index in [4.69, 9.17) is 14.2 Å². The highest BCUT2D eigenvalue weighted by Crippen LogP contribution is 2.31. The molecule has 3 rings (SSSR count). The van der Waals surface area contributed by atoms with Crippen LogP contribution in [0.15, 0.2) is 48.5 Å². The Bertz CT molecular complexity index is 825. The van der Waals surface area contributed by atoms with Crippen molar-refractivity contribution < 1.29 is 23.9 Å². The van der Waals surface area contributed by atoms with Gasteiger partial charge in [0.2, 0.25) is 0 Å². The molecule has 0 unspecified atom stereocenters. The number of nitrogens with zero attached hydrogens (tertiary/aromatic N) is 2. The van der Waals surface area contributed by atoms with E-state index in [-0.39, 0.29) is 30.1 Å². The third-order valence-electron chi connectivity index (χ3n) is 4.12. The summed E-state index contributed by atoms with van der Waals surface area (Å²) in [6.07, 6.45) is -0.276. The first-order valence-corrected chi connectivity index (χ1v) is 8.60. The molecule has 0 aliphatic carbocycles. The second kappa shape index (κ2) is 8.39. The van der Waals surface area contributed by atoms with Gasteiger partial charge in [0.15, 0.2) is 24.2 Å². The summed E-state index contributed by atoms with van der Waals surface area (Å²) < 4.78 is 17.0. The average molecular weight is 372 g/mol. The molecule has 1 heterocycles. The molecule has 1 amide bonds. The predicted octanol–water partition coefficient (Wildman–Crippen LogP) is 2.66. The Morgan fingerprint density at radius 3 is 2.78 bits per heavy atom. The molecular weight excluding hydrogens is 352 g/mol. The summed E-state index contributed by atoms with van der Waals surface area (Å²) in [6.45, 7) is 2.86. The number of rotatable bonds is 7.